The summed E-state index contributed by atoms with van der Waals surface area (Å²) < 4.78 is 53.0. The van der Waals surface area contributed by atoms with E-state index in [1.807, 2.05) is 0 Å². The highest BCUT2D eigenvalue weighted by Crippen LogP contribution is 2.35. The molecule has 2 aromatic carbocycles. The van der Waals surface area contributed by atoms with Gasteiger partial charge in [-0.05, 0) is 32.0 Å². The zero-order valence-electron chi connectivity index (χ0n) is 18.6. The van der Waals surface area contributed by atoms with E-state index in [4.69, 9.17) is 9.47 Å². The van der Waals surface area contributed by atoms with Gasteiger partial charge in [0.15, 0.2) is 17.2 Å². The first-order chi connectivity index (χ1) is 16.2. The fraction of sp³-hybridized carbons (Fsp3) is 0.292. The zero-order valence-corrected chi connectivity index (χ0v) is 18.6. The molecule has 0 aliphatic carbocycles. The van der Waals surface area contributed by atoms with Crippen molar-refractivity contribution >= 4 is 5.91 Å². The highest BCUT2D eigenvalue weighted by Gasteiger charge is 2.34. The molecular formula is C24H22F3N3O4. The lowest BCUT2D eigenvalue weighted by molar-refractivity contribution is -0.137. The van der Waals surface area contributed by atoms with E-state index in [2.05, 4.69) is 5.10 Å². The Morgan fingerprint density at radius 2 is 1.85 bits per heavy atom. The van der Waals surface area contributed by atoms with Crippen LogP contribution in [0.25, 0.3) is 5.69 Å². The van der Waals surface area contributed by atoms with E-state index in [9.17, 15) is 22.8 Å². The van der Waals surface area contributed by atoms with Crippen molar-refractivity contribution in [1.29, 1.82) is 0 Å². The average Bonchev–Trinajstić information content (AvgIpc) is 2.82. The molecule has 0 unspecified atom stereocenters. The molecule has 0 spiro atoms. The van der Waals surface area contributed by atoms with Crippen LogP contribution in [0.15, 0.2) is 53.3 Å². The number of hydrogen-bond donors (Lipinski definition) is 0. The second-order valence-corrected chi connectivity index (χ2v) is 7.69. The molecule has 10 heteroatoms. The van der Waals surface area contributed by atoms with Gasteiger partial charge in [-0.1, -0.05) is 24.3 Å². The average molecular weight is 473 g/mol. The number of alkyl halides is 3. The topological polar surface area (TPSA) is 73.7 Å². The summed E-state index contributed by atoms with van der Waals surface area (Å²) in [6, 6.07) is 11.3. The largest absolute Gasteiger partial charge is 0.486 e. The van der Waals surface area contributed by atoms with E-state index in [1.54, 1.807) is 25.1 Å². The van der Waals surface area contributed by atoms with Gasteiger partial charge in [0.1, 0.15) is 13.2 Å². The molecule has 0 N–H and O–H groups in total. The van der Waals surface area contributed by atoms with Crippen molar-refractivity contribution in [1.82, 2.24) is 14.7 Å². The monoisotopic (exact) mass is 473 g/mol. The second kappa shape index (κ2) is 9.20. The Kier molecular flexibility index (Phi) is 6.32. The van der Waals surface area contributed by atoms with Crippen molar-refractivity contribution in [3.63, 3.8) is 0 Å². The van der Waals surface area contributed by atoms with Crippen LogP contribution in [0.1, 0.15) is 34.2 Å². The maximum atomic E-state index is 13.6. The third-order valence-corrected chi connectivity index (χ3v) is 5.43. The molecule has 1 aliphatic rings. The molecule has 0 saturated carbocycles. The summed E-state index contributed by atoms with van der Waals surface area (Å²) in [5, 5.41) is 4.07. The summed E-state index contributed by atoms with van der Waals surface area (Å²) in [4.78, 5) is 27.3. The Morgan fingerprint density at radius 3 is 2.59 bits per heavy atom. The van der Waals surface area contributed by atoms with E-state index in [0.29, 0.717) is 30.3 Å². The van der Waals surface area contributed by atoms with Crippen molar-refractivity contribution in [2.24, 2.45) is 0 Å². The van der Waals surface area contributed by atoms with Crippen LogP contribution >= 0.6 is 0 Å². The summed E-state index contributed by atoms with van der Waals surface area (Å²) >= 11 is 0. The number of nitrogens with zero attached hydrogens (tertiary/aromatic N) is 3. The van der Waals surface area contributed by atoms with Crippen LogP contribution in [0.3, 0.4) is 0 Å². The molecule has 1 amide bonds. The van der Waals surface area contributed by atoms with Gasteiger partial charge >= 0.3 is 6.18 Å². The highest BCUT2D eigenvalue weighted by atomic mass is 19.4. The second-order valence-electron chi connectivity index (χ2n) is 7.69. The molecule has 2 heterocycles. The number of hydrogen-bond acceptors (Lipinski definition) is 5. The van der Waals surface area contributed by atoms with Gasteiger partial charge in [-0.25, -0.2) is 4.68 Å². The lowest BCUT2D eigenvalue weighted by Gasteiger charge is -2.25. The van der Waals surface area contributed by atoms with Crippen LogP contribution in [-0.2, 0) is 12.7 Å². The molecule has 7 nitrogen and oxygen atoms in total. The predicted molar refractivity (Wildman–Crippen MR) is 117 cm³/mol. The molecule has 1 aliphatic heterocycles. The first-order valence-electron chi connectivity index (χ1n) is 10.6. The smallest absolute Gasteiger partial charge is 0.418 e. The van der Waals surface area contributed by atoms with Crippen LogP contribution in [-0.4, -0.2) is 40.3 Å². The van der Waals surface area contributed by atoms with Crippen molar-refractivity contribution in [2.75, 3.05) is 19.8 Å². The van der Waals surface area contributed by atoms with Crippen molar-refractivity contribution in [2.45, 2.75) is 26.6 Å². The molecule has 178 valence electrons. The molecule has 4 rings (SSSR count). The third kappa shape index (κ3) is 4.48. The number of benzene rings is 2. The first kappa shape index (κ1) is 23.3. The lowest BCUT2D eigenvalue weighted by atomic mass is 10.1. The summed E-state index contributed by atoms with van der Waals surface area (Å²) in [5.74, 6) is 0.389. The van der Waals surface area contributed by atoms with Crippen molar-refractivity contribution in [3.05, 3.63) is 81.3 Å². The third-order valence-electron chi connectivity index (χ3n) is 5.43. The number of halogens is 3. The Morgan fingerprint density at radius 1 is 1.12 bits per heavy atom. The molecule has 34 heavy (non-hydrogen) atoms. The quantitative estimate of drug-likeness (QED) is 0.560. The number of para-hydroxylation sites is 2. The van der Waals surface area contributed by atoms with Gasteiger partial charge in [0.25, 0.3) is 5.91 Å². The van der Waals surface area contributed by atoms with Gasteiger partial charge in [-0.3, -0.25) is 9.59 Å². The number of rotatable bonds is 5. The van der Waals surface area contributed by atoms with E-state index in [-0.39, 0.29) is 24.5 Å². The Hall–Kier alpha value is -3.82. The fourth-order valence-corrected chi connectivity index (χ4v) is 3.78. The summed E-state index contributed by atoms with van der Waals surface area (Å²) in [6.45, 7) is 4.32. The van der Waals surface area contributed by atoms with E-state index in [0.717, 1.165) is 16.8 Å². The minimum absolute atomic E-state index is 0.107. The van der Waals surface area contributed by atoms with Crippen LogP contribution in [0.2, 0.25) is 0 Å². The molecule has 0 radical (unpaired) electrons. The Bertz CT molecular complexity index is 1290. The summed E-state index contributed by atoms with van der Waals surface area (Å²) in [5.41, 5.74) is -1.48. The van der Waals surface area contributed by atoms with Crippen LogP contribution in [0.5, 0.6) is 11.5 Å². The molecule has 0 fully saturated rings. The van der Waals surface area contributed by atoms with Gasteiger partial charge < -0.3 is 14.4 Å². The van der Waals surface area contributed by atoms with Gasteiger partial charge in [-0.2, -0.15) is 18.3 Å². The van der Waals surface area contributed by atoms with Crippen LogP contribution < -0.4 is 14.9 Å². The summed E-state index contributed by atoms with van der Waals surface area (Å²) in [7, 11) is 0. The number of fused-ring (bicyclic) bond motifs is 1. The SMILES string of the molecule is CCN(Cc1cccc2c1OCCO2)C(=O)c1nn(-c2ccccc2C(F)(F)F)c(C)cc1=O. The standard InChI is InChI=1S/C24H22F3N3O4/c1-3-29(14-16-7-6-10-20-22(16)34-12-11-33-20)23(32)21-19(31)13-15(2)30(28-21)18-9-5-4-8-17(18)24(25,26)27/h4-10,13H,3,11-12,14H2,1-2H3. The molecule has 0 saturated heterocycles. The number of carbonyl (C=O) groups excluding carboxylic acids is 1. The number of ether oxygens (including phenoxy) is 2. The minimum Gasteiger partial charge on any atom is -0.486 e. The Labute approximate surface area is 193 Å². The van der Waals surface area contributed by atoms with Crippen molar-refractivity contribution < 1.29 is 27.4 Å². The minimum atomic E-state index is -4.64. The maximum absolute atomic E-state index is 13.6. The normalized spacial score (nSPS) is 13.0. The van der Waals surface area contributed by atoms with E-state index in [1.165, 1.54) is 30.0 Å². The van der Waals surface area contributed by atoms with E-state index < -0.39 is 28.8 Å². The fourth-order valence-electron chi connectivity index (χ4n) is 3.78. The highest BCUT2D eigenvalue weighted by molar-refractivity contribution is 5.92. The van der Waals surface area contributed by atoms with Crippen LogP contribution in [0.4, 0.5) is 13.2 Å². The number of amides is 1. The first-order valence-corrected chi connectivity index (χ1v) is 10.6. The molecule has 3 aromatic rings. The van der Waals surface area contributed by atoms with Gasteiger partial charge in [-0.15, -0.1) is 0 Å². The number of carbonyl (C=O) groups is 1. The zero-order chi connectivity index (χ0) is 24.5. The molecule has 0 bridgehead atoms. The number of aromatic nitrogens is 2. The predicted octanol–water partition coefficient (Wildman–Crippen LogP) is 3.99. The Balaban J connectivity index is 1.73. The van der Waals surface area contributed by atoms with Crippen molar-refractivity contribution in [3.8, 4) is 17.2 Å². The lowest BCUT2D eigenvalue weighted by Crippen LogP contribution is -2.36. The molecular weight excluding hydrogens is 451 g/mol. The maximum Gasteiger partial charge on any atom is 0.418 e. The molecule has 1 aromatic heterocycles. The van der Waals surface area contributed by atoms with Gasteiger partial charge in [0, 0.05) is 30.4 Å². The van der Waals surface area contributed by atoms with Gasteiger partial charge in [0.05, 0.1) is 11.3 Å². The number of aryl methyl sites for hydroxylation is 1. The summed E-state index contributed by atoms with van der Waals surface area (Å²) in [6.07, 6.45) is -4.64. The van der Waals surface area contributed by atoms with Crippen LogP contribution in [0, 0.1) is 6.92 Å². The van der Waals surface area contributed by atoms with E-state index >= 15 is 0 Å². The molecule has 0 atom stereocenters. The van der Waals surface area contributed by atoms with Gasteiger partial charge in [0.2, 0.25) is 5.43 Å².